The number of methoxy groups -OCH3 is 2. The number of benzene rings is 3. The Morgan fingerprint density at radius 1 is 0.971 bits per heavy atom. The van der Waals surface area contributed by atoms with Crippen LogP contribution in [0.3, 0.4) is 0 Å². The van der Waals surface area contributed by atoms with Crippen molar-refractivity contribution in [1.82, 2.24) is 10.3 Å². The van der Waals surface area contributed by atoms with E-state index in [4.69, 9.17) is 9.47 Å². The SMILES string of the molecule is C=Cc1c(OC)cc(/C=C/c2ccc(C(=O)NCCc3c[nH]c4ccccc34)cc2)cc1OC. The van der Waals surface area contributed by atoms with Gasteiger partial charge in [-0.05, 0) is 53.4 Å². The molecule has 1 amide bonds. The first-order valence-electron chi connectivity index (χ1n) is 11.1. The van der Waals surface area contributed by atoms with Crippen LogP contribution in [0.5, 0.6) is 11.5 Å². The zero-order valence-electron chi connectivity index (χ0n) is 19.4. The molecule has 0 unspecified atom stereocenters. The van der Waals surface area contributed by atoms with Crippen LogP contribution in [0.1, 0.15) is 32.6 Å². The minimum atomic E-state index is -0.0788. The molecule has 1 aromatic heterocycles. The summed E-state index contributed by atoms with van der Waals surface area (Å²) in [5, 5.41) is 4.21. The van der Waals surface area contributed by atoms with Crippen molar-refractivity contribution in [2.75, 3.05) is 20.8 Å². The number of carbonyl (C=O) groups excluding carboxylic acids is 1. The fourth-order valence-corrected chi connectivity index (χ4v) is 3.95. The third-order valence-electron chi connectivity index (χ3n) is 5.77. The van der Waals surface area contributed by atoms with E-state index in [9.17, 15) is 4.79 Å². The average molecular weight is 453 g/mol. The topological polar surface area (TPSA) is 63.3 Å². The second-order valence-electron chi connectivity index (χ2n) is 7.86. The van der Waals surface area contributed by atoms with Crippen molar-refractivity contribution >= 4 is 35.0 Å². The highest BCUT2D eigenvalue weighted by Gasteiger charge is 2.09. The van der Waals surface area contributed by atoms with Crippen LogP contribution >= 0.6 is 0 Å². The van der Waals surface area contributed by atoms with Crippen LogP contribution < -0.4 is 14.8 Å². The number of hydrogen-bond acceptors (Lipinski definition) is 3. The highest BCUT2D eigenvalue weighted by Crippen LogP contribution is 2.32. The Morgan fingerprint density at radius 2 is 1.65 bits per heavy atom. The molecule has 0 saturated heterocycles. The van der Waals surface area contributed by atoms with Gasteiger partial charge in [-0.2, -0.15) is 0 Å². The van der Waals surface area contributed by atoms with Gasteiger partial charge in [-0.3, -0.25) is 4.79 Å². The second-order valence-corrected chi connectivity index (χ2v) is 7.86. The molecule has 2 N–H and O–H groups in total. The lowest BCUT2D eigenvalue weighted by atomic mass is 10.1. The minimum Gasteiger partial charge on any atom is -0.496 e. The van der Waals surface area contributed by atoms with Crippen LogP contribution in [0.15, 0.2) is 73.4 Å². The number of hydrogen-bond donors (Lipinski definition) is 2. The predicted octanol–water partition coefficient (Wildman–Crippen LogP) is 5.97. The Bertz CT molecular complexity index is 1310. The molecule has 0 aliphatic carbocycles. The molecule has 0 fully saturated rings. The highest BCUT2D eigenvalue weighted by molar-refractivity contribution is 5.94. The molecular weight excluding hydrogens is 424 g/mol. The van der Waals surface area contributed by atoms with Gasteiger partial charge in [0.05, 0.1) is 19.8 Å². The molecule has 5 heteroatoms. The zero-order chi connectivity index (χ0) is 23.9. The van der Waals surface area contributed by atoms with Crippen LogP contribution in [-0.4, -0.2) is 31.7 Å². The van der Waals surface area contributed by atoms with Crippen LogP contribution in [0.2, 0.25) is 0 Å². The van der Waals surface area contributed by atoms with Crippen molar-refractivity contribution in [1.29, 1.82) is 0 Å². The number of aromatic amines is 1. The summed E-state index contributed by atoms with van der Waals surface area (Å²) in [6.45, 7) is 4.40. The van der Waals surface area contributed by atoms with Gasteiger partial charge in [0.25, 0.3) is 5.91 Å². The third-order valence-corrected chi connectivity index (χ3v) is 5.77. The number of nitrogens with one attached hydrogen (secondary N) is 2. The second kappa shape index (κ2) is 10.6. The van der Waals surface area contributed by atoms with Crippen LogP contribution in [0.4, 0.5) is 0 Å². The van der Waals surface area contributed by atoms with Gasteiger partial charge in [-0.15, -0.1) is 0 Å². The van der Waals surface area contributed by atoms with E-state index in [2.05, 4.69) is 29.0 Å². The van der Waals surface area contributed by atoms with E-state index in [-0.39, 0.29) is 5.91 Å². The van der Waals surface area contributed by atoms with Crippen molar-refractivity contribution in [2.45, 2.75) is 6.42 Å². The number of fused-ring (bicyclic) bond motifs is 1. The van der Waals surface area contributed by atoms with E-state index >= 15 is 0 Å². The van der Waals surface area contributed by atoms with Gasteiger partial charge in [0, 0.05) is 29.2 Å². The van der Waals surface area contributed by atoms with Gasteiger partial charge < -0.3 is 19.8 Å². The number of carbonyl (C=O) groups is 1. The molecule has 4 rings (SSSR count). The Balaban J connectivity index is 1.37. The number of aromatic nitrogens is 1. The molecule has 3 aromatic carbocycles. The lowest BCUT2D eigenvalue weighted by molar-refractivity contribution is 0.0954. The van der Waals surface area contributed by atoms with Crippen molar-refractivity contribution in [3.8, 4) is 11.5 Å². The van der Waals surface area contributed by atoms with Crippen molar-refractivity contribution < 1.29 is 14.3 Å². The van der Waals surface area contributed by atoms with E-state index in [0.717, 1.165) is 28.6 Å². The number of ether oxygens (including phenoxy) is 2. The van der Waals surface area contributed by atoms with E-state index in [0.29, 0.717) is 23.6 Å². The van der Waals surface area contributed by atoms with Gasteiger partial charge >= 0.3 is 0 Å². The van der Waals surface area contributed by atoms with Gasteiger partial charge in [-0.25, -0.2) is 0 Å². The molecule has 0 bridgehead atoms. The molecule has 0 saturated carbocycles. The van der Waals surface area contributed by atoms with Crippen LogP contribution in [0, 0.1) is 0 Å². The molecule has 0 spiro atoms. The summed E-state index contributed by atoms with van der Waals surface area (Å²) in [6.07, 6.45) is 8.46. The van der Waals surface area contributed by atoms with E-state index in [1.165, 1.54) is 10.9 Å². The summed E-state index contributed by atoms with van der Waals surface area (Å²) < 4.78 is 10.9. The third kappa shape index (κ3) is 5.04. The summed E-state index contributed by atoms with van der Waals surface area (Å²) in [5.41, 5.74) is 5.70. The van der Waals surface area contributed by atoms with Crippen LogP contribution in [0.25, 0.3) is 29.1 Å². The summed E-state index contributed by atoms with van der Waals surface area (Å²) in [7, 11) is 3.25. The smallest absolute Gasteiger partial charge is 0.251 e. The highest BCUT2D eigenvalue weighted by atomic mass is 16.5. The summed E-state index contributed by atoms with van der Waals surface area (Å²) in [6, 6.07) is 19.6. The summed E-state index contributed by atoms with van der Waals surface area (Å²) in [5.74, 6) is 1.33. The zero-order valence-corrected chi connectivity index (χ0v) is 19.4. The quantitative estimate of drug-likeness (QED) is 0.308. The summed E-state index contributed by atoms with van der Waals surface area (Å²) >= 11 is 0. The molecule has 0 radical (unpaired) electrons. The van der Waals surface area contributed by atoms with Gasteiger partial charge in [0.1, 0.15) is 11.5 Å². The maximum absolute atomic E-state index is 12.6. The number of para-hydroxylation sites is 1. The first-order chi connectivity index (χ1) is 16.6. The van der Waals surface area contributed by atoms with Crippen LogP contribution in [-0.2, 0) is 6.42 Å². The first kappa shape index (κ1) is 22.9. The summed E-state index contributed by atoms with van der Waals surface area (Å²) in [4.78, 5) is 15.8. The molecule has 0 atom stereocenters. The number of rotatable bonds is 9. The predicted molar refractivity (Wildman–Crippen MR) is 139 cm³/mol. The molecule has 0 aliphatic rings. The molecule has 5 nitrogen and oxygen atoms in total. The van der Waals surface area contributed by atoms with E-state index in [1.54, 1.807) is 20.3 Å². The van der Waals surface area contributed by atoms with Gasteiger partial charge in [-0.1, -0.05) is 55.1 Å². The largest absolute Gasteiger partial charge is 0.496 e. The number of amides is 1. The van der Waals surface area contributed by atoms with Crippen molar-refractivity contribution in [3.63, 3.8) is 0 Å². The number of H-pyrrole nitrogens is 1. The first-order valence-corrected chi connectivity index (χ1v) is 11.1. The van der Waals surface area contributed by atoms with Gasteiger partial charge in [0.15, 0.2) is 0 Å². The molecule has 4 aromatic rings. The molecule has 34 heavy (non-hydrogen) atoms. The lowest BCUT2D eigenvalue weighted by Gasteiger charge is -2.11. The normalized spacial score (nSPS) is 11.0. The Labute approximate surface area is 199 Å². The monoisotopic (exact) mass is 452 g/mol. The van der Waals surface area contributed by atoms with Crippen molar-refractivity contribution in [3.05, 3.63) is 101 Å². The fourth-order valence-electron chi connectivity index (χ4n) is 3.95. The van der Waals surface area contributed by atoms with Crippen molar-refractivity contribution in [2.24, 2.45) is 0 Å². The average Bonchev–Trinajstić information content (AvgIpc) is 3.30. The maximum atomic E-state index is 12.6. The molecule has 172 valence electrons. The van der Waals surface area contributed by atoms with E-state index < -0.39 is 0 Å². The fraction of sp³-hybridized carbons (Fsp3) is 0.138. The Morgan fingerprint density at radius 3 is 2.32 bits per heavy atom. The van der Waals surface area contributed by atoms with Gasteiger partial charge in [0.2, 0.25) is 0 Å². The standard InChI is InChI=1S/C29H28N2O3/c1-4-24-27(33-2)17-21(18-28(24)34-3)10-9-20-11-13-22(14-12-20)29(32)30-16-15-23-19-31-26-8-6-5-7-25(23)26/h4-14,17-19,31H,1,15-16H2,2-3H3,(H,30,32)/b10-9+. The molecule has 0 aliphatic heterocycles. The Hall–Kier alpha value is -4.25. The molecular formula is C29H28N2O3. The minimum absolute atomic E-state index is 0.0788. The lowest BCUT2D eigenvalue weighted by Crippen LogP contribution is -2.25. The molecule has 1 heterocycles. The van der Waals surface area contributed by atoms with E-state index in [1.807, 2.05) is 66.9 Å². The maximum Gasteiger partial charge on any atom is 0.251 e. The Kier molecular flexibility index (Phi) is 7.13.